The molecule has 0 bridgehead atoms. The molecule has 1 unspecified atom stereocenters. The number of ether oxygens (including phenoxy) is 2. The van der Waals surface area contributed by atoms with Crippen molar-refractivity contribution >= 4 is 24.0 Å². The summed E-state index contributed by atoms with van der Waals surface area (Å²) in [6, 6.07) is 12.0. The van der Waals surface area contributed by atoms with Crippen molar-refractivity contribution in [3.63, 3.8) is 0 Å². The number of aromatic amines is 2. The van der Waals surface area contributed by atoms with Gasteiger partial charge in [0.1, 0.15) is 23.4 Å². The maximum atomic E-state index is 13.8. The van der Waals surface area contributed by atoms with Crippen LogP contribution < -0.4 is 10.6 Å². The molecule has 3 fully saturated rings. The Morgan fingerprint density at radius 3 is 2.03 bits per heavy atom. The molecule has 338 valence electrons. The summed E-state index contributed by atoms with van der Waals surface area (Å²) < 4.78 is 9.53. The van der Waals surface area contributed by atoms with Crippen molar-refractivity contribution in [2.24, 2.45) is 23.2 Å². The Kier molecular flexibility index (Phi) is 13.2. The van der Waals surface area contributed by atoms with Gasteiger partial charge < -0.3 is 39.9 Å². The first-order chi connectivity index (χ1) is 30.9. The van der Waals surface area contributed by atoms with Crippen LogP contribution in [0.15, 0.2) is 48.8 Å². The molecule has 14 nitrogen and oxygen atoms in total. The van der Waals surface area contributed by atoms with Gasteiger partial charge in [-0.3, -0.25) is 9.59 Å². The Balaban J connectivity index is 0.993. The zero-order chi connectivity index (χ0) is 45.1. The highest BCUT2D eigenvalue weighted by Gasteiger charge is 2.42. The maximum absolute atomic E-state index is 13.8. The molecule has 4 aromatic rings. The van der Waals surface area contributed by atoms with Crippen molar-refractivity contribution in [2.45, 2.75) is 110 Å². The smallest absolute Gasteiger partial charge is 0.407 e. The SMILES string of the molecule is COC(=O)NCC(C(=O)N1CCC[C@H]1c1ncc(-c2ccc(-c3ccc(C#Cc4cnc([C@@H]5CCCN5C(=O)[C@@H](NC(=O)OC)C(C)C)[nH]4)c4c3CC3(CCCC3)C4)cc2)[nH]1)C(C)C. The predicted molar refractivity (Wildman–Crippen MR) is 243 cm³/mol. The molecule has 2 aromatic heterocycles. The van der Waals surface area contributed by atoms with Gasteiger partial charge in [0.2, 0.25) is 11.8 Å². The summed E-state index contributed by atoms with van der Waals surface area (Å²) in [4.78, 5) is 71.5. The number of hydrogen-bond acceptors (Lipinski definition) is 8. The number of H-pyrrole nitrogens is 2. The van der Waals surface area contributed by atoms with Crippen molar-refractivity contribution in [1.82, 2.24) is 40.4 Å². The van der Waals surface area contributed by atoms with Gasteiger partial charge in [-0.05, 0) is 108 Å². The van der Waals surface area contributed by atoms with Gasteiger partial charge in [-0.2, -0.15) is 0 Å². The van der Waals surface area contributed by atoms with E-state index in [4.69, 9.17) is 19.4 Å². The number of methoxy groups -OCH3 is 2. The molecule has 1 spiro atoms. The van der Waals surface area contributed by atoms with Crippen LogP contribution in [-0.4, -0.2) is 93.6 Å². The summed E-state index contributed by atoms with van der Waals surface area (Å²) >= 11 is 0. The second-order valence-corrected chi connectivity index (χ2v) is 18.8. The van der Waals surface area contributed by atoms with Gasteiger partial charge in [-0.15, -0.1) is 0 Å². The highest BCUT2D eigenvalue weighted by atomic mass is 16.5. The van der Waals surface area contributed by atoms with E-state index in [1.165, 1.54) is 56.6 Å². The van der Waals surface area contributed by atoms with Gasteiger partial charge in [0.05, 0.1) is 50.3 Å². The first-order valence-corrected chi connectivity index (χ1v) is 23.0. The van der Waals surface area contributed by atoms with E-state index in [0.717, 1.165) is 66.7 Å². The van der Waals surface area contributed by atoms with Gasteiger partial charge in [-0.1, -0.05) is 76.8 Å². The fraction of sp³-hybridized carbons (Fsp3) is 0.520. The lowest BCUT2D eigenvalue weighted by Crippen LogP contribution is -2.51. The Bertz CT molecular complexity index is 2420. The predicted octanol–water partition coefficient (Wildman–Crippen LogP) is 7.86. The summed E-state index contributed by atoms with van der Waals surface area (Å²) in [5, 5.41) is 5.43. The monoisotopic (exact) mass is 870 g/mol. The quantitative estimate of drug-likeness (QED) is 0.110. The van der Waals surface area contributed by atoms with E-state index in [2.05, 4.69) is 68.8 Å². The molecule has 0 radical (unpaired) electrons. The first-order valence-electron chi connectivity index (χ1n) is 23.0. The number of nitrogens with zero attached hydrogens (tertiary/aromatic N) is 4. The molecule has 4 N–H and O–H groups in total. The number of carbonyl (C=O) groups is 4. The normalized spacial score (nSPS) is 19.7. The van der Waals surface area contributed by atoms with Crippen molar-refractivity contribution in [3.05, 3.63) is 82.8 Å². The van der Waals surface area contributed by atoms with E-state index in [1.807, 2.05) is 43.7 Å². The number of likely N-dealkylation sites (tertiary alicyclic amines) is 2. The lowest BCUT2D eigenvalue weighted by Gasteiger charge is -2.29. The van der Waals surface area contributed by atoms with E-state index >= 15 is 0 Å². The number of nitrogens with one attached hydrogen (secondary N) is 4. The van der Waals surface area contributed by atoms with E-state index in [-0.39, 0.29) is 53.6 Å². The van der Waals surface area contributed by atoms with Gasteiger partial charge in [0.25, 0.3) is 0 Å². The van der Waals surface area contributed by atoms with Crippen molar-refractivity contribution in [3.8, 4) is 34.2 Å². The van der Waals surface area contributed by atoms with Crippen molar-refractivity contribution in [2.75, 3.05) is 33.9 Å². The molecule has 2 aromatic carbocycles. The third-order valence-electron chi connectivity index (χ3n) is 14.1. The first kappa shape index (κ1) is 44.5. The largest absolute Gasteiger partial charge is 0.453 e. The number of alkyl carbamates (subject to hydrolysis) is 2. The maximum Gasteiger partial charge on any atom is 0.407 e. The summed E-state index contributed by atoms with van der Waals surface area (Å²) in [7, 11) is 2.62. The lowest BCUT2D eigenvalue weighted by molar-refractivity contribution is -0.138. The van der Waals surface area contributed by atoms with Gasteiger partial charge >= 0.3 is 12.2 Å². The third-order valence-corrected chi connectivity index (χ3v) is 14.1. The van der Waals surface area contributed by atoms with Gasteiger partial charge in [0.15, 0.2) is 0 Å². The van der Waals surface area contributed by atoms with Crippen LogP contribution in [0.4, 0.5) is 9.59 Å². The van der Waals surface area contributed by atoms with Crippen LogP contribution in [0, 0.1) is 35.0 Å². The molecule has 2 aliphatic carbocycles. The number of aromatic nitrogens is 4. The highest BCUT2D eigenvalue weighted by molar-refractivity contribution is 5.86. The minimum Gasteiger partial charge on any atom is -0.453 e. The van der Waals surface area contributed by atoms with E-state index in [9.17, 15) is 19.2 Å². The van der Waals surface area contributed by atoms with Crippen LogP contribution in [0.5, 0.6) is 0 Å². The molecule has 4 aliphatic rings. The number of carbonyl (C=O) groups excluding carboxylic acids is 4. The van der Waals surface area contributed by atoms with E-state index < -0.39 is 18.2 Å². The molecule has 4 amide bonds. The number of fused-ring (bicyclic) bond motifs is 1. The Labute approximate surface area is 376 Å². The van der Waals surface area contributed by atoms with Crippen LogP contribution in [0.1, 0.15) is 125 Å². The summed E-state index contributed by atoms with van der Waals surface area (Å²) in [6.07, 6.45) is 12.8. The molecular weight excluding hydrogens is 809 g/mol. The zero-order valence-corrected chi connectivity index (χ0v) is 38.0. The minimum absolute atomic E-state index is 0.0180. The topological polar surface area (TPSA) is 175 Å². The molecule has 14 heteroatoms. The molecule has 4 atom stereocenters. The Morgan fingerprint density at radius 2 is 1.38 bits per heavy atom. The molecule has 2 aliphatic heterocycles. The third kappa shape index (κ3) is 9.12. The Hall–Kier alpha value is -6.10. The van der Waals surface area contributed by atoms with Gasteiger partial charge in [0, 0.05) is 25.2 Å². The van der Waals surface area contributed by atoms with Crippen LogP contribution in [-0.2, 0) is 31.9 Å². The van der Waals surface area contributed by atoms with E-state index in [1.54, 1.807) is 6.20 Å². The van der Waals surface area contributed by atoms with Crippen molar-refractivity contribution < 1.29 is 28.7 Å². The molecule has 2 saturated heterocycles. The second-order valence-electron chi connectivity index (χ2n) is 18.8. The van der Waals surface area contributed by atoms with Crippen LogP contribution >= 0.6 is 0 Å². The average Bonchev–Trinajstić information content (AvgIpc) is 4.16. The number of hydrogen-bond donors (Lipinski definition) is 4. The fourth-order valence-electron chi connectivity index (χ4n) is 10.6. The standard InChI is InChI=1S/C50H62N8O6/c1-30(2)39(28-53-48(61)63-5)46(59)57-23-9-12-42(57)45-52-29-40(55-45)34-15-13-32(14-16-34)36-20-18-33(37-25-50(26-38(36)37)21-7-8-22-50)17-19-35-27-51-44(54-35)41-11-10-24-58(41)47(60)43(31(3)4)56-49(62)64-6/h13-16,18,20,27,29-31,39,41-43H,7-12,21-26,28H2,1-6H3,(H,51,54)(H,52,55)(H,53,61)(H,56,62)/t39?,41-,42-,43-/m0/s1. The highest BCUT2D eigenvalue weighted by Crippen LogP contribution is 2.51. The Morgan fingerprint density at radius 1 is 0.750 bits per heavy atom. The number of rotatable bonds is 11. The van der Waals surface area contributed by atoms with Crippen LogP contribution in [0.3, 0.4) is 0 Å². The zero-order valence-electron chi connectivity index (χ0n) is 38.0. The van der Waals surface area contributed by atoms with Crippen molar-refractivity contribution in [1.29, 1.82) is 0 Å². The molecular formula is C50H62N8O6. The number of benzene rings is 2. The average molecular weight is 871 g/mol. The van der Waals surface area contributed by atoms with Crippen LogP contribution in [0.2, 0.25) is 0 Å². The second kappa shape index (κ2) is 18.9. The molecule has 4 heterocycles. The van der Waals surface area contributed by atoms with Gasteiger partial charge in [-0.25, -0.2) is 19.6 Å². The fourth-order valence-corrected chi connectivity index (χ4v) is 10.6. The molecule has 64 heavy (non-hydrogen) atoms. The molecule has 1 saturated carbocycles. The van der Waals surface area contributed by atoms with E-state index in [0.29, 0.717) is 24.6 Å². The summed E-state index contributed by atoms with van der Waals surface area (Å²) in [5.74, 6) is 7.81. The summed E-state index contributed by atoms with van der Waals surface area (Å²) in [5.41, 5.74) is 9.10. The van der Waals surface area contributed by atoms with Crippen LogP contribution in [0.25, 0.3) is 22.4 Å². The number of amides is 4. The lowest BCUT2D eigenvalue weighted by atomic mass is 9.83. The molecule has 8 rings (SSSR count). The number of imidazole rings is 2. The minimum atomic E-state index is -0.694. The summed E-state index contributed by atoms with van der Waals surface area (Å²) in [6.45, 7) is 9.28.